The third kappa shape index (κ3) is 6.55. The quantitative estimate of drug-likeness (QED) is 0.657. The molecular weight excluding hydrogens is 246 g/mol. The molecule has 0 aromatic rings. The molecule has 0 spiro atoms. The Balaban J connectivity index is 2.10. The van der Waals surface area contributed by atoms with Crippen LogP contribution in [0.15, 0.2) is 0 Å². The Morgan fingerprint density at radius 2 is 1.75 bits per heavy atom. The van der Waals surface area contributed by atoms with Crippen molar-refractivity contribution < 1.29 is 0 Å². The van der Waals surface area contributed by atoms with E-state index in [9.17, 15) is 0 Å². The van der Waals surface area contributed by atoms with Crippen LogP contribution in [0.4, 0.5) is 0 Å². The highest BCUT2D eigenvalue weighted by Crippen LogP contribution is 2.17. The third-order valence-corrected chi connectivity index (χ3v) is 4.63. The molecule has 1 heterocycles. The molecule has 1 aliphatic heterocycles. The van der Waals surface area contributed by atoms with Crippen LogP contribution in [0.1, 0.15) is 53.9 Å². The number of piperidine rings is 1. The zero-order valence-electron chi connectivity index (χ0n) is 14.5. The van der Waals surface area contributed by atoms with E-state index in [1.807, 2.05) is 0 Å². The standard InChI is InChI=1S/C17H37N3/c1-6-10-19(15(2)3)13-9-18-14-17-7-11-20(12-8-17)16(4)5/h15-18H,6-14H2,1-5H3. The summed E-state index contributed by atoms with van der Waals surface area (Å²) in [6.07, 6.45) is 3.99. The summed E-state index contributed by atoms with van der Waals surface area (Å²) in [6, 6.07) is 1.39. The summed E-state index contributed by atoms with van der Waals surface area (Å²) in [5.74, 6) is 0.892. The van der Waals surface area contributed by atoms with Crippen LogP contribution < -0.4 is 5.32 Å². The van der Waals surface area contributed by atoms with Crippen LogP contribution in [0, 0.1) is 5.92 Å². The first-order valence-corrected chi connectivity index (χ1v) is 8.73. The largest absolute Gasteiger partial charge is 0.315 e. The second kappa shape index (κ2) is 9.75. The highest BCUT2D eigenvalue weighted by atomic mass is 15.2. The molecule has 1 N–H and O–H groups in total. The lowest BCUT2D eigenvalue weighted by Crippen LogP contribution is -2.42. The van der Waals surface area contributed by atoms with E-state index in [0.29, 0.717) is 6.04 Å². The molecule has 0 aliphatic carbocycles. The van der Waals surface area contributed by atoms with Gasteiger partial charge in [-0.1, -0.05) is 6.92 Å². The van der Waals surface area contributed by atoms with E-state index in [2.05, 4.69) is 49.7 Å². The van der Waals surface area contributed by atoms with Gasteiger partial charge in [0.1, 0.15) is 0 Å². The van der Waals surface area contributed by atoms with Crippen LogP contribution in [-0.2, 0) is 0 Å². The summed E-state index contributed by atoms with van der Waals surface area (Å²) in [5.41, 5.74) is 0. The summed E-state index contributed by atoms with van der Waals surface area (Å²) in [6.45, 7) is 18.9. The van der Waals surface area contributed by atoms with Gasteiger partial charge >= 0.3 is 0 Å². The van der Waals surface area contributed by atoms with Crippen molar-refractivity contribution in [2.45, 2.75) is 66.0 Å². The van der Waals surface area contributed by atoms with E-state index in [1.54, 1.807) is 0 Å². The molecule has 1 saturated heterocycles. The summed E-state index contributed by atoms with van der Waals surface area (Å²) < 4.78 is 0. The summed E-state index contributed by atoms with van der Waals surface area (Å²) in [4.78, 5) is 5.19. The smallest absolute Gasteiger partial charge is 0.0110 e. The highest BCUT2D eigenvalue weighted by Gasteiger charge is 2.20. The van der Waals surface area contributed by atoms with Crippen LogP contribution in [0.3, 0.4) is 0 Å². The molecule has 20 heavy (non-hydrogen) atoms. The molecule has 0 unspecified atom stereocenters. The van der Waals surface area contributed by atoms with E-state index < -0.39 is 0 Å². The Labute approximate surface area is 127 Å². The fourth-order valence-corrected chi connectivity index (χ4v) is 3.12. The predicted molar refractivity (Wildman–Crippen MR) is 89.3 cm³/mol. The van der Waals surface area contributed by atoms with Gasteiger partial charge in [0.2, 0.25) is 0 Å². The Bertz CT molecular complexity index is 232. The number of nitrogens with zero attached hydrogens (tertiary/aromatic N) is 2. The Morgan fingerprint density at radius 1 is 1.10 bits per heavy atom. The second-order valence-corrected chi connectivity index (χ2v) is 6.91. The number of rotatable bonds is 9. The molecule has 0 radical (unpaired) electrons. The summed E-state index contributed by atoms with van der Waals surface area (Å²) >= 11 is 0. The van der Waals surface area contributed by atoms with Crippen molar-refractivity contribution >= 4 is 0 Å². The molecule has 120 valence electrons. The maximum Gasteiger partial charge on any atom is 0.0110 e. The van der Waals surface area contributed by atoms with Crippen molar-refractivity contribution in [1.29, 1.82) is 0 Å². The third-order valence-electron chi connectivity index (χ3n) is 4.63. The van der Waals surface area contributed by atoms with Gasteiger partial charge in [0, 0.05) is 25.2 Å². The Kier molecular flexibility index (Phi) is 8.74. The first kappa shape index (κ1) is 17.9. The van der Waals surface area contributed by atoms with Gasteiger partial charge in [0.05, 0.1) is 0 Å². The molecule has 0 atom stereocenters. The first-order chi connectivity index (χ1) is 9.54. The van der Waals surface area contributed by atoms with Crippen molar-refractivity contribution in [3.63, 3.8) is 0 Å². The molecular formula is C17H37N3. The van der Waals surface area contributed by atoms with Gasteiger partial charge in [0.15, 0.2) is 0 Å². The lowest BCUT2D eigenvalue weighted by molar-refractivity contribution is 0.147. The van der Waals surface area contributed by atoms with Crippen LogP contribution >= 0.6 is 0 Å². The van der Waals surface area contributed by atoms with Gasteiger partial charge in [-0.15, -0.1) is 0 Å². The van der Waals surface area contributed by atoms with Crippen molar-refractivity contribution in [3.05, 3.63) is 0 Å². The number of hydrogen-bond donors (Lipinski definition) is 1. The van der Waals surface area contributed by atoms with Crippen LogP contribution in [0.2, 0.25) is 0 Å². The summed E-state index contributed by atoms with van der Waals surface area (Å²) in [7, 11) is 0. The SMILES string of the molecule is CCCN(CCNCC1CCN(C(C)C)CC1)C(C)C. The van der Waals surface area contributed by atoms with Gasteiger partial charge in [0.25, 0.3) is 0 Å². The molecule has 1 rings (SSSR count). The maximum atomic E-state index is 3.68. The van der Waals surface area contributed by atoms with Gasteiger partial charge in [-0.25, -0.2) is 0 Å². The minimum atomic E-state index is 0.672. The van der Waals surface area contributed by atoms with Crippen LogP contribution in [-0.4, -0.2) is 61.2 Å². The fraction of sp³-hybridized carbons (Fsp3) is 1.00. The molecule has 0 aromatic heterocycles. The van der Waals surface area contributed by atoms with Gasteiger partial charge in [-0.3, -0.25) is 4.90 Å². The zero-order chi connectivity index (χ0) is 15.0. The average Bonchev–Trinajstić information content (AvgIpc) is 2.42. The molecule has 3 nitrogen and oxygen atoms in total. The van der Waals surface area contributed by atoms with Crippen LogP contribution in [0.5, 0.6) is 0 Å². The molecule has 3 heteroatoms. The van der Waals surface area contributed by atoms with Crippen molar-refractivity contribution in [2.75, 3.05) is 39.3 Å². The highest BCUT2D eigenvalue weighted by molar-refractivity contribution is 4.76. The van der Waals surface area contributed by atoms with Crippen molar-refractivity contribution in [3.8, 4) is 0 Å². The number of hydrogen-bond acceptors (Lipinski definition) is 3. The van der Waals surface area contributed by atoms with Gasteiger partial charge < -0.3 is 10.2 Å². The van der Waals surface area contributed by atoms with E-state index in [0.717, 1.165) is 18.5 Å². The van der Waals surface area contributed by atoms with E-state index in [4.69, 9.17) is 0 Å². The molecule has 0 saturated carbocycles. The van der Waals surface area contributed by atoms with Gasteiger partial charge in [-0.2, -0.15) is 0 Å². The summed E-state index contributed by atoms with van der Waals surface area (Å²) in [5, 5.41) is 3.68. The minimum Gasteiger partial charge on any atom is -0.315 e. The van der Waals surface area contributed by atoms with E-state index in [1.165, 1.54) is 52.0 Å². The predicted octanol–water partition coefficient (Wildman–Crippen LogP) is 2.82. The molecule has 0 amide bonds. The molecule has 1 aliphatic rings. The van der Waals surface area contributed by atoms with Crippen LogP contribution in [0.25, 0.3) is 0 Å². The maximum absolute atomic E-state index is 3.68. The molecule has 0 bridgehead atoms. The first-order valence-electron chi connectivity index (χ1n) is 8.73. The Hall–Kier alpha value is -0.120. The normalized spacial score (nSPS) is 18.6. The van der Waals surface area contributed by atoms with Crippen molar-refractivity contribution in [2.24, 2.45) is 5.92 Å². The Morgan fingerprint density at radius 3 is 2.25 bits per heavy atom. The number of nitrogens with one attached hydrogen (secondary N) is 1. The minimum absolute atomic E-state index is 0.672. The zero-order valence-corrected chi connectivity index (χ0v) is 14.5. The van der Waals surface area contributed by atoms with E-state index in [-0.39, 0.29) is 0 Å². The second-order valence-electron chi connectivity index (χ2n) is 6.91. The molecule has 1 fully saturated rings. The monoisotopic (exact) mass is 283 g/mol. The van der Waals surface area contributed by atoms with Crippen molar-refractivity contribution in [1.82, 2.24) is 15.1 Å². The lowest BCUT2D eigenvalue weighted by Gasteiger charge is -2.34. The fourth-order valence-electron chi connectivity index (χ4n) is 3.12. The molecule has 0 aromatic carbocycles. The van der Waals surface area contributed by atoms with Gasteiger partial charge in [-0.05, 0) is 79.1 Å². The number of likely N-dealkylation sites (tertiary alicyclic amines) is 1. The van der Waals surface area contributed by atoms with E-state index >= 15 is 0 Å². The average molecular weight is 284 g/mol. The lowest BCUT2D eigenvalue weighted by atomic mass is 9.96. The topological polar surface area (TPSA) is 18.5 Å².